The van der Waals surface area contributed by atoms with Crippen LogP contribution in [0.3, 0.4) is 0 Å². The van der Waals surface area contributed by atoms with Crippen molar-refractivity contribution in [3.63, 3.8) is 0 Å². The highest BCUT2D eigenvalue weighted by Crippen LogP contribution is 2.15. The summed E-state index contributed by atoms with van der Waals surface area (Å²) in [4.78, 5) is 24.7. The fourth-order valence-corrected chi connectivity index (χ4v) is 4.70. The topological polar surface area (TPSA) is 107 Å². The Balaban J connectivity index is 2.08. The summed E-state index contributed by atoms with van der Waals surface area (Å²) < 4.78 is 40.6. The number of ether oxygens (including phenoxy) is 2. The van der Waals surface area contributed by atoms with Gasteiger partial charge >= 0.3 is 11.9 Å². The predicted octanol–water partition coefficient (Wildman–Crippen LogP) is 7.54. The lowest BCUT2D eigenvalue weighted by Crippen LogP contribution is -2.16. The number of carbonyl (C=O) groups is 2. The van der Waals surface area contributed by atoms with Gasteiger partial charge in [-0.3, -0.25) is 4.55 Å². The number of rotatable bonds is 23. The summed E-state index contributed by atoms with van der Waals surface area (Å²) in [6.07, 6.45) is 20.4. The predicted molar refractivity (Wildman–Crippen MR) is 148 cm³/mol. The molecule has 8 heteroatoms. The maximum Gasteiger partial charge on any atom is 0.339 e. The molecule has 0 bridgehead atoms. The van der Waals surface area contributed by atoms with Crippen molar-refractivity contribution in [3.05, 3.63) is 35.4 Å². The van der Waals surface area contributed by atoms with Gasteiger partial charge in [0.2, 0.25) is 0 Å². The van der Waals surface area contributed by atoms with Crippen LogP contribution in [0.1, 0.15) is 137 Å². The molecule has 0 radical (unpaired) electrons. The van der Waals surface area contributed by atoms with E-state index in [-0.39, 0.29) is 24.2 Å². The van der Waals surface area contributed by atoms with E-state index in [4.69, 9.17) is 14.0 Å². The molecule has 0 aliphatic rings. The number of hydrogen-bond acceptors (Lipinski definition) is 6. The highest BCUT2D eigenvalue weighted by Gasteiger charge is 2.19. The fourth-order valence-electron chi connectivity index (χ4n) is 4.22. The van der Waals surface area contributed by atoms with Crippen LogP contribution in [0.25, 0.3) is 0 Å². The van der Waals surface area contributed by atoms with E-state index in [1.165, 1.54) is 95.6 Å². The monoisotopic (exact) mass is 540 g/mol. The molecular weight excluding hydrogens is 492 g/mol. The van der Waals surface area contributed by atoms with Crippen LogP contribution in [0.2, 0.25) is 0 Å². The first-order valence-electron chi connectivity index (χ1n) is 14.2. The van der Waals surface area contributed by atoms with Gasteiger partial charge in [-0.1, -0.05) is 115 Å². The molecule has 0 aliphatic carbocycles. The van der Waals surface area contributed by atoms with Gasteiger partial charge in [0.15, 0.2) is 0 Å². The van der Waals surface area contributed by atoms with E-state index in [1.54, 1.807) is 12.1 Å². The van der Waals surface area contributed by atoms with Crippen LogP contribution < -0.4 is 0 Å². The van der Waals surface area contributed by atoms with Gasteiger partial charge in [-0.15, -0.1) is 0 Å². The molecule has 1 rings (SSSR count). The second-order valence-corrected chi connectivity index (χ2v) is 11.3. The molecule has 37 heavy (non-hydrogen) atoms. The first-order valence-corrected chi connectivity index (χ1v) is 15.8. The van der Waals surface area contributed by atoms with Crippen LogP contribution in [0.4, 0.5) is 0 Å². The van der Waals surface area contributed by atoms with Crippen LogP contribution >= 0.6 is 0 Å². The highest BCUT2D eigenvalue weighted by molar-refractivity contribution is 7.85. The molecule has 0 heterocycles. The molecule has 7 nitrogen and oxygen atoms in total. The minimum Gasteiger partial charge on any atom is -0.462 e. The van der Waals surface area contributed by atoms with Crippen LogP contribution in [-0.2, 0) is 19.6 Å². The van der Waals surface area contributed by atoms with Crippen LogP contribution in [0, 0.1) is 0 Å². The molecule has 0 amide bonds. The molecule has 1 N–H and O–H groups in total. The van der Waals surface area contributed by atoms with E-state index in [0.717, 1.165) is 19.3 Å². The maximum absolute atomic E-state index is 12.4. The minimum atomic E-state index is -4.10. The van der Waals surface area contributed by atoms with Crippen molar-refractivity contribution in [2.75, 3.05) is 19.0 Å². The summed E-state index contributed by atoms with van der Waals surface area (Å²) in [7, 11) is -4.10. The number of carbonyl (C=O) groups excluding carboxylic acids is 2. The highest BCUT2D eigenvalue weighted by atomic mass is 32.2. The Labute approximate surface area is 224 Å². The second kappa shape index (κ2) is 21.1. The van der Waals surface area contributed by atoms with Crippen molar-refractivity contribution < 1.29 is 32.0 Å². The zero-order valence-electron chi connectivity index (χ0n) is 22.8. The van der Waals surface area contributed by atoms with Crippen molar-refractivity contribution in [1.29, 1.82) is 0 Å². The normalized spacial score (nSPS) is 11.4. The Morgan fingerprint density at radius 2 is 0.973 bits per heavy atom. The van der Waals surface area contributed by atoms with Gasteiger partial charge in [0, 0.05) is 0 Å². The van der Waals surface area contributed by atoms with E-state index in [0.29, 0.717) is 6.61 Å². The van der Waals surface area contributed by atoms with Crippen molar-refractivity contribution in [1.82, 2.24) is 0 Å². The third kappa shape index (κ3) is 18.0. The first-order chi connectivity index (χ1) is 17.8. The Hall–Kier alpha value is -1.93. The fraction of sp³-hybridized carbons (Fsp3) is 0.724. The van der Waals surface area contributed by atoms with E-state index in [9.17, 15) is 18.0 Å². The minimum absolute atomic E-state index is 0.0313. The first kappa shape index (κ1) is 33.1. The van der Waals surface area contributed by atoms with Crippen LogP contribution in [0.15, 0.2) is 24.3 Å². The smallest absolute Gasteiger partial charge is 0.339 e. The lowest BCUT2D eigenvalue weighted by atomic mass is 10.0. The largest absolute Gasteiger partial charge is 0.462 e. The van der Waals surface area contributed by atoms with Crippen molar-refractivity contribution in [3.8, 4) is 0 Å². The SMILES string of the molecule is CCCCCCCCCCCCCCCCCCOC(=O)c1ccccc1C(=O)OCCCS(=O)(=O)O. The summed E-state index contributed by atoms with van der Waals surface area (Å²) in [6, 6.07) is 6.22. The molecule has 212 valence electrons. The van der Waals surface area contributed by atoms with Gasteiger partial charge in [-0.2, -0.15) is 8.42 Å². The quantitative estimate of drug-likeness (QED) is 0.0868. The number of hydrogen-bond donors (Lipinski definition) is 1. The molecule has 0 fully saturated rings. The molecular formula is C29H48O7S. The molecule has 0 atom stereocenters. The second-order valence-electron chi connectivity index (χ2n) is 9.76. The summed E-state index contributed by atoms with van der Waals surface area (Å²) in [6.45, 7) is 2.38. The van der Waals surface area contributed by atoms with E-state index in [2.05, 4.69) is 6.92 Å². The lowest BCUT2D eigenvalue weighted by Gasteiger charge is -2.10. The third-order valence-corrected chi connectivity index (χ3v) is 7.18. The van der Waals surface area contributed by atoms with Gasteiger partial charge in [0.1, 0.15) is 0 Å². The van der Waals surface area contributed by atoms with Gasteiger partial charge < -0.3 is 9.47 Å². The summed E-state index contributed by atoms with van der Waals surface area (Å²) in [5.41, 5.74) is 0.199. The molecule has 0 aromatic heterocycles. The average molecular weight is 541 g/mol. The van der Waals surface area contributed by atoms with Gasteiger partial charge in [-0.05, 0) is 25.0 Å². The van der Waals surface area contributed by atoms with Gasteiger partial charge in [0.25, 0.3) is 10.1 Å². The molecule has 0 unspecified atom stereocenters. The van der Waals surface area contributed by atoms with E-state index >= 15 is 0 Å². The van der Waals surface area contributed by atoms with E-state index < -0.39 is 27.8 Å². The van der Waals surface area contributed by atoms with Crippen LogP contribution in [-0.4, -0.2) is 43.9 Å². The number of benzene rings is 1. The third-order valence-electron chi connectivity index (χ3n) is 6.38. The molecule has 0 aliphatic heterocycles. The molecule has 1 aromatic carbocycles. The Morgan fingerprint density at radius 3 is 1.35 bits per heavy atom. The Bertz CT molecular complexity index is 852. The van der Waals surface area contributed by atoms with Gasteiger partial charge in [0.05, 0.1) is 30.1 Å². The lowest BCUT2D eigenvalue weighted by molar-refractivity contribution is 0.0454. The maximum atomic E-state index is 12.4. The van der Waals surface area contributed by atoms with Crippen molar-refractivity contribution in [2.24, 2.45) is 0 Å². The molecule has 0 saturated carbocycles. The Kier molecular flexibility index (Phi) is 18.8. The van der Waals surface area contributed by atoms with Gasteiger partial charge in [-0.25, -0.2) is 9.59 Å². The Morgan fingerprint density at radius 1 is 0.622 bits per heavy atom. The summed E-state index contributed by atoms with van der Waals surface area (Å²) >= 11 is 0. The summed E-state index contributed by atoms with van der Waals surface area (Å²) in [5, 5.41) is 0. The summed E-state index contributed by atoms with van der Waals surface area (Å²) in [5.74, 6) is -1.81. The van der Waals surface area contributed by atoms with E-state index in [1.807, 2.05) is 0 Å². The zero-order valence-corrected chi connectivity index (χ0v) is 23.6. The molecule has 1 aromatic rings. The molecule has 0 spiro atoms. The number of unbranched alkanes of at least 4 members (excludes halogenated alkanes) is 15. The average Bonchev–Trinajstić information content (AvgIpc) is 2.87. The van der Waals surface area contributed by atoms with Crippen molar-refractivity contribution in [2.45, 2.75) is 116 Å². The van der Waals surface area contributed by atoms with Crippen molar-refractivity contribution >= 4 is 22.1 Å². The number of esters is 2. The van der Waals surface area contributed by atoms with Crippen LogP contribution in [0.5, 0.6) is 0 Å². The molecule has 0 saturated heterocycles. The zero-order chi connectivity index (χ0) is 27.2. The standard InChI is InChI=1S/C29H48O7S/c1-2-3-4-5-6-7-8-9-10-11-12-13-14-15-16-19-23-35-28(30)26-21-17-18-22-27(26)29(31)36-24-20-25-37(32,33)34/h17-18,21-22H,2-16,19-20,23-25H2,1H3,(H,32,33,34).